The van der Waals surface area contributed by atoms with Crippen LogP contribution in [0.15, 0.2) is 17.2 Å². The summed E-state index contributed by atoms with van der Waals surface area (Å²) in [4.78, 5) is 17.9. The average molecular weight is 194 g/mol. The Kier molecular flexibility index (Phi) is 2.78. The van der Waals surface area contributed by atoms with Gasteiger partial charge in [0.05, 0.1) is 0 Å². The Bertz CT molecular complexity index is 343. The molecule has 1 aliphatic rings. The monoisotopic (exact) mass is 194 g/mol. The molecule has 0 aliphatic carbocycles. The van der Waals surface area contributed by atoms with Crippen LogP contribution in [0.5, 0.6) is 0 Å². The highest BCUT2D eigenvalue weighted by atomic mass is 16.1. The van der Waals surface area contributed by atoms with Gasteiger partial charge in [0.1, 0.15) is 0 Å². The standard InChI is InChI=1S/C9H14N4O/c14-9-8(11-4-5-12-9)13-7-2-1-3-10-6-7/h4-5,7,10H,1-3,6H2,(H,11,13)(H,12,14). The Morgan fingerprint density at radius 1 is 1.57 bits per heavy atom. The molecule has 5 nitrogen and oxygen atoms in total. The fourth-order valence-corrected chi connectivity index (χ4v) is 1.62. The second kappa shape index (κ2) is 4.23. The van der Waals surface area contributed by atoms with Crippen molar-refractivity contribution in [2.24, 2.45) is 0 Å². The number of piperidine rings is 1. The first-order valence-corrected chi connectivity index (χ1v) is 4.87. The van der Waals surface area contributed by atoms with Crippen molar-refractivity contribution in [3.63, 3.8) is 0 Å². The molecule has 1 saturated heterocycles. The van der Waals surface area contributed by atoms with Crippen LogP contribution in [0.1, 0.15) is 12.8 Å². The van der Waals surface area contributed by atoms with Gasteiger partial charge in [0.15, 0.2) is 5.82 Å². The summed E-state index contributed by atoms with van der Waals surface area (Å²) in [5.74, 6) is 0.418. The van der Waals surface area contributed by atoms with E-state index in [2.05, 4.69) is 20.6 Å². The van der Waals surface area contributed by atoms with E-state index in [4.69, 9.17) is 0 Å². The summed E-state index contributed by atoms with van der Waals surface area (Å²) in [7, 11) is 0. The van der Waals surface area contributed by atoms with Crippen LogP contribution in [0.4, 0.5) is 5.82 Å². The highest BCUT2D eigenvalue weighted by Gasteiger charge is 2.13. The molecule has 1 aromatic rings. The Balaban J connectivity index is 2.03. The molecule has 0 radical (unpaired) electrons. The minimum atomic E-state index is -0.155. The maximum atomic E-state index is 11.3. The van der Waals surface area contributed by atoms with Crippen LogP contribution < -0.4 is 16.2 Å². The fraction of sp³-hybridized carbons (Fsp3) is 0.556. The first kappa shape index (κ1) is 9.21. The molecule has 0 spiro atoms. The van der Waals surface area contributed by atoms with Crippen LogP contribution in [-0.4, -0.2) is 29.1 Å². The molecule has 0 amide bonds. The molecular weight excluding hydrogens is 180 g/mol. The molecule has 3 N–H and O–H groups in total. The van der Waals surface area contributed by atoms with Crippen LogP contribution >= 0.6 is 0 Å². The molecular formula is C9H14N4O. The third-order valence-electron chi connectivity index (χ3n) is 2.35. The van der Waals surface area contributed by atoms with Crippen molar-refractivity contribution >= 4 is 5.82 Å². The van der Waals surface area contributed by atoms with Crippen LogP contribution in [0.2, 0.25) is 0 Å². The minimum Gasteiger partial charge on any atom is -0.361 e. The van der Waals surface area contributed by atoms with Crippen LogP contribution in [0.25, 0.3) is 0 Å². The summed E-state index contributed by atoms with van der Waals surface area (Å²) in [6, 6.07) is 0.319. The Morgan fingerprint density at radius 3 is 3.21 bits per heavy atom. The molecule has 0 saturated carbocycles. The highest BCUT2D eigenvalue weighted by molar-refractivity contribution is 5.31. The van der Waals surface area contributed by atoms with Crippen molar-refractivity contribution in [3.05, 3.63) is 22.7 Å². The fourth-order valence-electron chi connectivity index (χ4n) is 1.62. The zero-order valence-corrected chi connectivity index (χ0v) is 7.92. The first-order valence-electron chi connectivity index (χ1n) is 4.87. The van der Waals surface area contributed by atoms with Gasteiger partial charge in [-0.3, -0.25) is 4.79 Å². The van der Waals surface area contributed by atoms with Gasteiger partial charge in [0.2, 0.25) is 0 Å². The highest BCUT2D eigenvalue weighted by Crippen LogP contribution is 2.05. The molecule has 2 heterocycles. The van der Waals surface area contributed by atoms with Gasteiger partial charge >= 0.3 is 0 Å². The number of nitrogens with one attached hydrogen (secondary N) is 3. The van der Waals surface area contributed by atoms with Crippen molar-refractivity contribution < 1.29 is 0 Å². The number of H-pyrrole nitrogens is 1. The number of aromatic amines is 1. The molecule has 1 fully saturated rings. The van der Waals surface area contributed by atoms with E-state index in [9.17, 15) is 4.79 Å². The normalized spacial score (nSPS) is 21.9. The SMILES string of the molecule is O=c1[nH]ccnc1NC1CCCNC1. The molecule has 76 valence electrons. The summed E-state index contributed by atoms with van der Waals surface area (Å²) in [5, 5.41) is 6.40. The third-order valence-corrected chi connectivity index (χ3v) is 2.35. The Morgan fingerprint density at radius 2 is 2.50 bits per heavy atom. The number of aromatic nitrogens is 2. The van der Waals surface area contributed by atoms with Gasteiger partial charge in [0.25, 0.3) is 5.56 Å². The minimum absolute atomic E-state index is 0.155. The summed E-state index contributed by atoms with van der Waals surface area (Å²) in [6.07, 6.45) is 5.35. The van der Waals surface area contributed by atoms with Crippen molar-refractivity contribution in [2.45, 2.75) is 18.9 Å². The van der Waals surface area contributed by atoms with Crippen molar-refractivity contribution in [1.82, 2.24) is 15.3 Å². The van der Waals surface area contributed by atoms with Gasteiger partial charge in [-0.1, -0.05) is 0 Å². The predicted molar refractivity (Wildman–Crippen MR) is 54.4 cm³/mol. The lowest BCUT2D eigenvalue weighted by atomic mass is 10.1. The zero-order chi connectivity index (χ0) is 9.80. The Labute approximate surface area is 82.0 Å². The lowest BCUT2D eigenvalue weighted by Gasteiger charge is -2.23. The lowest BCUT2D eigenvalue weighted by Crippen LogP contribution is -2.39. The van der Waals surface area contributed by atoms with E-state index in [1.54, 1.807) is 6.20 Å². The molecule has 0 aromatic carbocycles. The maximum absolute atomic E-state index is 11.3. The number of hydrogen-bond donors (Lipinski definition) is 3. The molecule has 2 rings (SSSR count). The van der Waals surface area contributed by atoms with E-state index in [0.717, 1.165) is 25.9 Å². The summed E-state index contributed by atoms with van der Waals surface area (Å²) < 4.78 is 0. The van der Waals surface area contributed by atoms with Gasteiger partial charge in [-0.05, 0) is 19.4 Å². The lowest BCUT2D eigenvalue weighted by molar-refractivity contribution is 0.478. The van der Waals surface area contributed by atoms with E-state index in [1.165, 1.54) is 6.20 Å². The van der Waals surface area contributed by atoms with E-state index < -0.39 is 0 Å². The third kappa shape index (κ3) is 2.11. The van der Waals surface area contributed by atoms with Gasteiger partial charge in [-0.25, -0.2) is 4.98 Å². The molecule has 1 unspecified atom stereocenters. The second-order valence-electron chi connectivity index (χ2n) is 3.45. The van der Waals surface area contributed by atoms with Crippen LogP contribution in [0.3, 0.4) is 0 Å². The molecule has 1 aliphatic heterocycles. The number of hydrogen-bond acceptors (Lipinski definition) is 4. The number of anilines is 1. The van der Waals surface area contributed by atoms with E-state index in [0.29, 0.717) is 11.9 Å². The van der Waals surface area contributed by atoms with Crippen LogP contribution in [-0.2, 0) is 0 Å². The molecule has 5 heteroatoms. The van der Waals surface area contributed by atoms with Gasteiger partial charge in [-0.15, -0.1) is 0 Å². The Hall–Kier alpha value is -1.36. The average Bonchev–Trinajstić information content (AvgIpc) is 2.23. The maximum Gasteiger partial charge on any atom is 0.290 e. The predicted octanol–water partition coefficient (Wildman–Crippen LogP) is -0.0662. The number of rotatable bonds is 2. The van der Waals surface area contributed by atoms with Crippen LogP contribution in [0, 0.1) is 0 Å². The first-order chi connectivity index (χ1) is 6.86. The molecule has 1 aromatic heterocycles. The summed E-state index contributed by atoms with van der Waals surface area (Å²) in [5.41, 5.74) is -0.155. The van der Waals surface area contributed by atoms with E-state index >= 15 is 0 Å². The largest absolute Gasteiger partial charge is 0.361 e. The van der Waals surface area contributed by atoms with Crippen molar-refractivity contribution in [1.29, 1.82) is 0 Å². The topological polar surface area (TPSA) is 69.8 Å². The zero-order valence-electron chi connectivity index (χ0n) is 7.92. The second-order valence-corrected chi connectivity index (χ2v) is 3.45. The van der Waals surface area contributed by atoms with E-state index in [1.807, 2.05) is 0 Å². The number of nitrogens with zero attached hydrogens (tertiary/aromatic N) is 1. The molecule has 1 atom stereocenters. The van der Waals surface area contributed by atoms with Gasteiger partial charge in [0, 0.05) is 25.0 Å². The summed E-state index contributed by atoms with van der Waals surface area (Å²) >= 11 is 0. The quantitative estimate of drug-likeness (QED) is 0.616. The molecule has 0 bridgehead atoms. The van der Waals surface area contributed by atoms with Crippen molar-refractivity contribution in [2.75, 3.05) is 18.4 Å². The smallest absolute Gasteiger partial charge is 0.290 e. The van der Waals surface area contributed by atoms with Gasteiger partial charge < -0.3 is 15.6 Å². The summed E-state index contributed by atoms with van der Waals surface area (Å²) in [6.45, 7) is 1.97. The van der Waals surface area contributed by atoms with Gasteiger partial charge in [-0.2, -0.15) is 0 Å². The van der Waals surface area contributed by atoms with Crippen molar-refractivity contribution in [3.8, 4) is 0 Å². The van der Waals surface area contributed by atoms with E-state index in [-0.39, 0.29) is 5.56 Å². The molecule has 14 heavy (non-hydrogen) atoms.